The molecule has 1 aliphatic rings. The molecule has 0 bridgehead atoms. The highest BCUT2D eigenvalue weighted by Gasteiger charge is 2.56. The lowest BCUT2D eigenvalue weighted by Gasteiger charge is -2.24. The molecule has 1 aliphatic heterocycles. The van der Waals surface area contributed by atoms with Crippen molar-refractivity contribution in [2.75, 3.05) is 10.2 Å². The fraction of sp³-hybridized carbons (Fsp3) is 0.250. The van der Waals surface area contributed by atoms with Crippen molar-refractivity contribution in [3.63, 3.8) is 0 Å². The predicted molar refractivity (Wildman–Crippen MR) is 100 cm³/mol. The number of urea groups is 1. The molecule has 134 valence electrons. The first kappa shape index (κ1) is 17.7. The van der Waals surface area contributed by atoms with E-state index in [1.54, 1.807) is 31.2 Å². The largest absolute Gasteiger partial charge is 0.330 e. The van der Waals surface area contributed by atoms with E-state index in [2.05, 4.69) is 10.6 Å². The SMILES string of the molecule is CCC1(C(=O)Nc2ccc(C)cc2)NC(=O)N(c2ccc(C)cc2)C1=O. The summed E-state index contributed by atoms with van der Waals surface area (Å²) in [4.78, 5) is 39.4. The van der Waals surface area contributed by atoms with Crippen LogP contribution in [0.25, 0.3) is 0 Å². The van der Waals surface area contributed by atoms with Crippen LogP contribution in [0.5, 0.6) is 0 Å². The van der Waals surface area contributed by atoms with Crippen molar-refractivity contribution >= 4 is 29.2 Å². The average Bonchev–Trinajstić information content (AvgIpc) is 2.89. The number of nitrogens with one attached hydrogen (secondary N) is 2. The molecule has 0 radical (unpaired) electrons. The molecule has 1 unspecified atom stereocenters. The van der Waals surface area contributed by atoms with Gasteiger partial charge >= 0.3 is 6.03 Å². The number of hydrogen-bond donors (Lipinski definition) is 2. The number of benzene rings is 2. The number of nitrogens with zero attached hydrogens (tertiary/aromatic N) is 1. The van der Waals surface area contributed by atoms with E-state index in [-0.39, 0.29) is 6.42 Å². The van der Waals surface area contributed by atoms with Crippen LogP contribution in [0.2, 0.25) is 0 Å². The molecule has 4 amide bonds. The van der Waals surface area contributed by atoms with Gasteiger partial charge in [-0.2, -0.15) is 0 Å². The van der Waals surface area contributed by atoms with Crippen LogP contribution in [0.15, 0.2) is 48.5 Å². The van der Waals surface area contributed by atoms with Gasteiger partial charge in [0.05, 0.1) is 5.69 Å². The molecule has 3 rings (SSSR count). The third-order valence-corrected chi connectivity index (χ3v) is 4.61. The number of anilines is 2. The molecule has 2 N–H and O–H groups in total. The summed E-state index contributed by atoms with van der Waals surface area (Å²) >= 11 is 0. The van der Waals surface area contributed by atoms with Crippen LogP contribution in [-0.4, -0.2) is 23.4 Å². The lowest BCUT2D eigenvalue weighted by Crippen LogP contribution is -2.56. The summed E-state index contributed by atoms with van der Waals surface area (Å²) in [5.74, 6) is -1.12. The number of aryl methyl sites for hydroxylation is 2. The Labute approximate surface area is 152 Å². The highest BCUT2D eigenvalue weighted by molar-refractivity contribution is 6.32. The van der Waals surface area contributed by atoms with Crippen LogP contribution in [0, 0.1) is 13.8 Å². The van der Waals surface area contributed by atoms with Crippen LogP contribution in [0.4, 0.5) is 16.2 Å². The molecule has 1 saturated heterocycles. The fourth-order valence-electron chi connectivity index (χ4n) is 2.93. The van der Waals surface area contributed by atoms with Crippen molar-refractivity contribution in [3.05, 3.63) is 59.7 Å². The van der Waals surface area contributed by atoms with Crippen molar-refractivity contribution < 1.29 is 14.4 Å². The van der Waals surface area contributed by atoms with Gasteiger partial charge in [-0.05, 0) is 44.5 Å². The minimum absolute atomic E-state index is 0.150. The maximum Gasteiger partial charge on any atom is 0.330 e. The number of imide groups is 1. The van der Waals surface area contributed by atoms with E-state index < -0.39 is 23.4 Å². The zero-order valence-electron chi connectivity index (χ0n) is 15.0. The van der Waals surface area contributed by atoms with Gasteiger partial charge in [-0.3, -0.25) is 9.59 Å². The van der Waals surface area contributed by atoms with Crippen molar-refractivity contribution in [2.24, 2.45) is 0 Å². The Morgan fingerprint density at radius 2 is 1.54 bits per heavy atom. The molecule has 2 aromatic carbocycles. The second-order valence-electron chi connectivity index (χ2n) is 6.49. The molecule has 0 saturated carbocycles. The molecular formula is C20H21N3O3. The lowest BCUT2D eigenvalue weighted by atomic mass is 9.94. The van der Waals surface area contributed by atoms with Gasteiger partial charge in [-0.1, -0.05) is 42.3 Å². The smallest absolute Gasteiger partial charge is 0.324 e. The minimum Gasteiger partial charge on any atom is -0.324 e. The highest BCUT2D eigenvalue weighted by Crippen LogP contribution is 2.28. The maximum absolute atomic E-state index is 13.0. The summed E-state index contributed by atoms with van der Waals surface area (Å²) in [5.41, 5.74) is 1.47. The molecule has 6 heteroatoms. The molecule has 0 spiro atoms. The normalized spacial score (nSPS) is 19.4. The van der Waals surface area contributed by atoms with Crippen LogP contribution in [0.3, 0.4) is 0 Å². The molecule has 2 aromatic rings. The number of amides is 4. The monoisotopic (exact) mass is 351 g/mol. The summed E-state index contributed by atoms with van der Waals surface area (Å²) in [6.07, 6.45) is 0.150. The van der Waals surface area contributed by atoms with Crippen LogP contribution in [-0.2, 0) is 9.59 Å². The van der Waals surface area contributed by atoms with E-state index in [0.29, 0.717) is 11.4 Å². The lowest BCUT2D eigenvalue weighted by molar-refractivity contribution is -0.132. The van der Waals surface area contributed by atoms with E-state index in [0.717, 1.165) is 16.0 Å². The summed E-state index contributed by atoms with van der Waals surface area (Å²) in [5, 5.41) is 5.32. The Morgan fingerprint density at radius 1 is 1.00 bits per heavy atom. The zero-order valence-corrected chi connectivity index (χ0v) is 15.0. The minimum atomic E-state index is -1.62. The second-order valence-corrected chi connectivity index (χ2v) is 6.49. The van der Waals surface area contributed by atoms with Gasteiger partial charge in [0, 0.05) is 5.69 Å². The van der Waals surface area contributed by atoms with Crippen LogP contribution >= 0.6 is 0 Å². The van der Waals surface area contributed by atoms with Crippen molar-refractivity contribution in [1.29, 1.82) is 0 Å². The molecule has 1 fully saturated rings. The Kier molecular flexibility index (Phi) is 4.50. The van der Waals surface area contributed by atoms with E-state index in [4.69, 9.17) is 0 Å². The van der Waals surface area contributed by atoms with Crippen LogP contribution < -0.4 is 15.5 Å². The first-order valence-corrected chi connectivity index (χ1v) is 8.49. The van der Waals surface area contributed by atoms with Crippen molar-refractivity contribution in [3.8, 4) is 0 Å². The third-order valence-electron chi connectivity index (χ3n) is 4.61. The standard InChI is InChI=1S/C20H21N3O3/c1-4-20(17(24)21-15-9-5-13(2)6-10-15)18(25)23(19(26)22-20)16-11-7-14(3)8-12-16/h5-12H,4H2,1-3H3,(H,21,24)(H,22,26). The molecule has 1 heterocycles. The van der Waals surface area contributed by atoms with Crippen molar-refractivity contribution in [1.82, 2.24) is 5.32 Å². The number of carbonyl (C=O) groups is 3. The van der Waals surface area contributed by atoms with Gasteiger partial charge in [0.25, 0.3) is 11.8 Å². The van der Waals surface area contributed by atoms with E-state index >= 15 is 0 Å². The zero-order chi connectivity index (χ0) is 18.9. The molecule has 0 aliphatic carbocycles. The fourth-order valence-corrected chi connectivity index (χ4v) is 2.93. The molecule has 26 heavy (non-hydrogen) atoms. The quantitative estimate of drug-likeness (QED) is 0.656. The molecular weight excluding hydrogens is 330 g/mol. The van der Waals surface area contributed by atoms with E-state index in [1.165, 1.54) is 0 Å². The predicted octanol–water partition coefficient (Wildman–Crippen LogP) is 3.15. The van der Waals surface area contributed by atoms with Gasteiger partial charge in [-0.25, -0.2) is 9.69 Å². The average molecular weight is 351 g/mol. The van der Waals surface area contributed by atoms with Gasteiger partial charge in [0.1, 0.15) is 0 Å². The van der Waals surface area contributed by atoms with E-state index in [9.17, 15) is 14.4 Å². The summed E-state index contributed by atoms with van der Waals surface area (Å²) in [7, 11) is 0. The Bertz CT molecular complexity index is 859. The topological polar surface area (TPSA) is 78.5 Å². The molecule has 6 nitrogen and oxygen atoms in total. The summed E-state index contributed by atoms with van der Waals surface area (Å²) in [6.45, 7) is 5.56. The summed E-state index contributed by atoms with van der Waals surface area (Å²) < 4.78 is 0. The first-order chi connectivity index (χ1) is 12.4. The Hall–Kier alpha value is -3.15. The molecule has 1 atom stereocenters. The highest BCUT2D eigenvalue weighted by atomic mass is 16.2. The Morgan fingerprint density at radius 3 is 2.08 bits per heavy atom. The van der Waals surface area contributed by atoms with Crippen molar-refractivity contribution in [2.45, 2.75) is 32.7 Å². The van der Waals surface area contributed by atoms with E-state index in [1.807, 2.05) is 38.1 Å². The van der Waals surface area contributed by atoms with Gasteiger partial charge < -0.3 is 10.6 Å². The van der Waals surface area contributed by atoms with Gasteiger partial charge in [0.2, 0.25) is 5.54 Å². The molecule has 0 aromatic heterocycles. The number of hydrogen-bond acceptors (Lipinski definition) is 3. The first-order valence-electron chi connectivity index (χ1n) is 8.49. The third kappa shape index (κ3) is 2.94. The second kappa shape index (κ2) is 6.63. The Balaban J connectivity index is 1.89. The van der Waals surface area contributed by atoms with Gasteiger partial charge in [0.15, 0.2) is 0 Å². The van der Waals surface area contributed by atoms with Gasteiger partial charge in [-0.15, -0.1) is 0 Å². The number of rotatable bonds is 4. The number of carbonyl (C=O) groups excluding carboxylic acids is 3. The maximum atomic E-state index is 13.0. The summed E-state index contributed by atoms with van der Waals surface area (Å²) in [6, 6.07) is 13.7. The van der Waals surface area contributed by atoms with Crippen LogP contribution in [0.1, 0.15) is 24.5 Å².